The molecule has 3 nitrogen and oxygen atoms in total. The van der Waals surface area contributed by atoms with Crippen LogP contribution in [0.5, 0.6) is 0 Å². The van der Waals surface area contributed by atoms with Crippen molar-refractivity contribution in [2.24, 2.45) is 0 Å². The van der Waals surface area contributed by atoms with Crippen LogP contribution in [0, 0.1) is 16.7 Å². The van der Waals surface area contributed by atoms with Crippen molar-refractivity contribution in [2.75, 3.05) is 6.54 Å². The lowest BCUT2D eigenvalue weighted by atomic mass is 10.6. The summed E-state index contributed by atoms with van der Waals surface area (Å²) in [7, 11) is 0. The first-order chi connectivity index (χ1) is 4.31. The van der Waals surface area contributed by atoms with Crippen molar-refractivity contribution in [2.45, 2.75) is 0 Å². The summed E-state index contributed by atoms with van der Waals surface area (Å²) < 4.78 is 0.836. The smallest absolute Gasteiger partial charge is 0.167 e. The third kappa shape index (κ3) is 5.46. The third-order valence-electron chi connectivity index (χ3n) is 0.624. The van der Waals surface area contributed by atoms with E-state index in [1.807, 2.05) is 28.7 Å². The molecule has 0 saturated heterocycles. The van der Waals surface area contributed by atoms with Gasteiger partial charge in [0.15, 0.2) is 6.54 Å². The number of allylic oxidation sites excluding steroid dienone is 1. The van der Waals surface area contributed by atoms with E-state index in [-0.39, 0.29) is 0 Å². The maximum absolute atomic E-state index is 8.08. The number of nitrogens with zero attached hydrogens (tertiary/aromatic N) is 1. The molecule has 0 rings (SSSR count). The molecular formula is C5H7IN3+. The first-order valence-electron chi connectivity index (χ1n) is 2.37. The molecule has 0 aromatic rings. The number of halogens is 1. The Bertz CT molecular complexity index is 156. The number of nitriles is 1. The Balaban J connectivity index is 3.46. The number of hydrogen-bond acceptors (Lipinski definition) is 2. The molecule has 9 heavy (non-hydrogen) atoms. The van der Waals surface area contributed by atoms with Crippen molar-refractivity contribution in [1.29, 1.82) is 10.7 Å². The van der Waals surface area contributed by atoms with E-state index in [2.05, 4.69) is 0 Å². The van der Waals surface area contributed by atoms with Crippen LogP contribution in [-0.4, -0.2) is 12.8 Å². The maximum Gasteiger partial charge on any atom is 0.167 e. The fraction of sp³-hybridized carbons (Fsp3) is 0.200. The lowest BCUT2D eigenvalue weighted by Crippen LogP contribution is -2.77. The van der Waals surface area contributed by atoms with Gasteiger partial charge in [0.1, 0.15) is 12.3 Å². The van der Waals surface area contributed by atoms with E-state index >= 15 is 0 Å². The van der Waals surface area contributed by atoms with Gasteiger partial charge in [-0.3, -0.25) is 0 Å². The molecule has 3 N–H and O–H groups in total. The van der Waals surface area contributed by atoms with Crippen molar-refractivity contribution in [3.8, 4) is 6.07 Å². The zero-order chi connectivity index (χ0) is 7.11. The number of nitrogens with one attached hydrogen (secondary N) is 1. The summed E-state index contributed by atoms with van der Waals surface area (Å²) in [5.41, 5.74) is 0. The predicted octanol–water partition coefficient (Wildman–Crippen LogP) is -0.000650. The molecule has 0 amide bonds. The lowest BCUT2D eigenvalue weighted by molar-refractivity contribution is -0.575. The number of rotatable bonds is 3. The van der Waals surface area contributed by atoms with E-state index in [9.17, 15) is 0 Å². The molecular weight excluding hydrogens is 229 g/mol. The van der Waals surface area contributed by atoms with E-state index in [4.69, 9.17) is 10.7 Å². The highest BCUT2D eigenvalue weighted by molar-refractivity contribution is 14.1. The Morgan fingerprint density at radius 1 is 1.89 bits per heavy atom. The Labute approximate surface area is 67.4 Å². The molecule has 0 heterocycles. The van der Waals surface area contributed by atoms with Gasteiger partial charge in [0.2, 0.25) is 0 Å². The van der Waals surface area contributed by atoms with E-state index in [1.165, 1.54) is 6.21 Å². The molecule has 0 aliphatic carbocycles. The molecule has 0 aromatic carbocycles. The van der Waals surface area contributed by atoms with Gasteiger partial charge >= 0.3 is 0 Å². The second-order valence-electron chi connectivity index (χ2n) is 1.29. The van der Waals surface area contributed by atoms with Crippen molar-refractivity contribution in [3.05, 3.63) is 9.78 Å². The van der Waals surface area contributed by atoms with Crippen LogP contribution in [0.15, 0.2) is 9.78 Å². The molecule has 0 aliphatic heterocycles. The van der Waals surface area contributed by atoms with Gasteiger partial charge < -0.3 is 10.7 Å². The van der Waals surface area contributed by atoms with Crippen molar-refractivity contribution in [1.82, 2.24) is 0 Å². The van der Waals surface area contributed by atoms with Crippen LogP contribution in [0.1, 0.15) is 0 Å². The standard InChI is InChI=1S/C5H6IN3/c6-5(3-8)4-9-2-1-7/h3-4,8-9H,2H2/p+1. The fourth-order valence-electron chi connectivity index (χ4n) is 0.272. The molecule has 0 unspecified atom stereocenters. The Kier molecular flexibility index (Phi) is 5.46. The molecule has 0 atom stereocenters. The predicted molar refractivity (Wildman–Crippen MR) is 43.3 cm³/mol. The molecule has 0 aliphatic rings. The summed E-state index contributed by atoms with van der Waals surface area (Å²) in [5, 5.41) is 16.6. The van der Waals surface area contributed by atoms with Crippen LogP contribution in [-0.2, 0) is 0 Å². The van der Waals surface area contributed by atoms with Gasteiger partial charge in [0.25, 0.3) is 0 Å². The number of nitrogens with two attached hydrogens (primary N) is 1. The minimum Gasteiger partial charge on any atom is -0.307 e. The number of quaternary nitrogens is 1. The minimum absolute atomic E-state index is 0.417. The van der Waals surface area contributed by atoms with Crippen molar-refractivity contribution < 1.29 is 5.32 Å². The van der Waals surface area contributed by atoms with Crippen LogP contribution < -0.4 is 5.32 Å². The summed E-state index contributed by atoms with van der Waals surface area (Å²) in [6.07, 6.45) is 2.99. The van der Waals surface area contributed by atoms with Crippen molar-refractivity contribution >= 4 is 28.8 Å². The fourth-order valence-corrected chi connectivity index (χ4v) is 0.527. The van der Waals surface area contributed by atoms with E-state index in [0.29, 0.717) is 6.54 Å². The Morgan fingerprint density at radius 2 is 2.56 bits per heavy atom. The van der Waals surface area contributed by atoms with Crippen LogP contribution in [0.4, 0.5) is 0 Å². The summed E-state index contributed by atoms with van der Waals surface area (Å²) >= 11 is 2.02. The zero-order valence-electron chi connectivity index (χ0n) is 4.76. The lowest BCUT2D eigenvalue weighted by Gasteiger charge is -1.83. The van der Waals surface area contributed by atoms with E-state index in [1.54, 1.807) is 11.5 Å². The quantitative estimate of drug-likeness (QED) is 0.308. The molecule has 0 bridgehead atoms. The maximum atomic E-state index is 8.08. The summed E-state index contributed by atoms with van der Waals surface area (Å²) in [6.45, 7) is 0.417. The third-order valence-corrected chi connectivity index (χ3v) is 1.30. The highest BCUT2D eigenvalue weighted by Gasteiger charge is 1.84. The molecule has 0 spiro atoms. The summed E-state index contributed by atoms with van der Waals surface area (Å²) in [6, 6.07) is 1.97. The SMILES string of the molecule is N#CC[NH2+]C=C(I)C=N. The second-order valence-corrected chi connectivity index (χ2v) is 2.54. The van der Waals surface area contributed by atoms with Gasteiger partial charge in [-0.1, -0.05) is 0 Å². The molecule has 0 saturated carbocycles. The van der Waals surface area contributed by atoms with Crippen molar-refractivity contribution in [3.63, 3.8) is 0 Å². The van der Waals surface area contributed by atoms with Gasteiger partial charge in [0.05, 0.1) is 3.58 Å². The Morgan fingerprint density at radius 3 is 3.00 bits per heavy atom. The highest BCUT2D eigenvalue weighted by atomic mass is 127. The van der Waals surface area contributed by atoms with Crippen LogP contribution >= 0.6 is 22.6 Å². The monoisotopic (exact) mass is 236 g/mol. The Hall–Kier alpha value is -0.410. The first-order valence-corrected chi connectivity index (χ1v) is 3.45. The summed E-state index contributed by atoms with van der Waals surface area (Å²) in [4.78, 5) is 0. The molecule has 0 fully saturated rings. The van der Waals surface area contributed by atoms with Crippen LogP contribution in [0.2, 0.25) is 0 Å². The zero-order valence-corrected chi connectivity index (χ0v) is 6.92. The second kappa shape index (κ2) is 5.72. The van der Waals surface area contributed by atoms with Gasteiger partial charge in [-0.2, -0.15) is 5.26 Å². The van der Waals surface area contributed by atoms with Crippen LogP contribution in [0.25, 0.3) is 0 Å². The average Bonchev–Trinajstić information content (AvgIpc) is 1.89. The highest BCUT2D eigenvalue weighted by Crippen LogP contribution is 1.95. The first kappa shape index (κ1) is 8.59. The van der Waals surface area contributed by atoms with Gasteiger partial charge in [-0.25, -0.2) is 0 Å². The molecule has 4 heteroatoms. The van der Waals surface area contributed by atoms with Crippen LogP contribution in [0.3, 0.4) is 0 Å². The average molecular weight is 236 g/mol. The topological polar surface area (TPSA) is 64.2 Å². The van der Waals surface area contributed by atoms with Gasteiger partial charge in [0, 0.05) is 6.21 Å². The number of hydrogen-bond donors (Lipinski definition) is 2. The normalized spacial score (nSPS) is 10.4. The van der Waals surface area contributed by atoms with E-state index in [0.717, 1.165) is 3.58 Å². The van der Waals surface area contributed by atoms with Gasteiger partial charge in [-0.05, 0) is 22.6 Å². The summed E-state index contributed by atoms with van der Waals surface area (Å²) in [5.74, 6) is 0. The van der Waals surface area contributed by atoms with Gasteiger partial charge in [-0.15, -0.1) is 0 Å². The molecule has 48 valence electrons. The van der Waals surface area contributed by atoms with E-state index < -0.39 is 0 Å². The minimum atomic E-state index is 0.417. The molecule has 0 aromatic heterocycles. The largest absolute Gasteiger partial charge is 0.307 e. The molecule has 0 radical (unpaired) electrons.